The predicted molar refractivity (Wildman–Crippen MR) is 139 cm³/mol. The molecule has 0 unspecified atom stereocenters. The smallest absolute Gasteiger partial charge is 0.222 e. The second kappa shape index (κ2) is 11.0. The molecule has 0 aliphatic heterocycles. The lowest BCUT2D eigenvalue weighted by atomic mass is 9.90. The maximum atomic E-state index is 12.0. The summed E-state index contributed by atoms with van der Waals surface area (Å²) in [6, 6.07) is 7.97. The zero-order valence-electron chi connectivity index (χ0n) is 20.6. The van der Waals surface area contributed by atoms with E-state index in [2.05, 4.69) is 27.8 Å². The molecule has 1 amide bonds. The number of hydrogen-bond donors (Lipinski definition) is 1. The highest BCUT2D eigenvalue weighted by Gasteiger charge is 2.15. The minimum absolute atomic E-state index is 0.0279. The van der Waals surface area contributed by atoms with Crippen LogP contribution in [0.1, 0.15) is 36.2 Å². The van der Waals surface area contributed by atoms with Crippen LogP contribution in [0.25, 0.3) is 16.6 Å². The zero-order chi connectivity index (χ0) is 24.8. The molecule has 174 valence electrons. The molecule has 3 rings (SSSR count). The minimum Gasteiger partial charge on any atom is -0.487 e. The van der Waals surface area contributed by atoms with Crippen LogP contribution in [-0.4, -0.2) is 42.7 Å². The summed E-state index contributed by atoms with van der Waals surface area (Å²) >= 11 is 0. The molecule has 0 atom stereocenters. The maximum absolute atomic E-state index is 12.0. The van der Waals surface area contributed by atoms with Gasteiger partial charge in [0.1, 0.15) is 25.7 Å². The van der Waals surface area contributed by atoms with Gasteiger partial charge in [-0.15, -0.1) is 0 Å². The molecule has 3 aromatic rings. The summed E-state index contributed by atoms with van der Waals surface area (Å²) in [6.45, 7) is 10.1. The third-order valence-electron chi connectivity index (χ3n) is 5.49. The van der Waals surface area contributed by atoms with Gasteiger partial charge in [0.25, 0.3) is 0 Å². The Kier molecular flexibility index (Phi) is 8.10. The van der Waals surface area contributed by atoms with Crippen molar-refractivity contribution in [2.24, 2.45) is 5.92 Å². The molecule has 0 bridgehead atoms. The van der Waals surface area contributed by atoms with Gasteiger partial charge in [-0.05, 0) is 36.3 Å². The number of aryl methyl sites for hydroxylation is 1. The molecule has 2 aromatic heterocycles. The van der Waals surface area contributed by atoms with Crippen LogP contribution >= 0.6 is 0 Å². The SMILES string of the molecule is [B]c1cncc(CNC(=O)C(C)C)c1COc1cccc2c(/C(=C/C=C)N(C)C)cc(C)nc12. The molecule has 2 heterocycles. The summed E-state index contributed by atoms with van der Waals surface area (Å²) in [5, 5.41) is 3.91. The second-order valence-electron chi connectivity index (χ2n) is 8.67. The summed E-state index contributed by atoms with van der Waals surface area (Å²) in [4.78, 5) is 23.1. The van der Waals surface area contributed by atoms with Crippen LogP contribution in [0.2, 0.25) is 0 Å². The molecule has 0 aliphatic rings. The van der Waals surface area contributed by atoms with E-state index in [-0.39, 0.29) is 18.4 Å². The summed E-state index contributed by atoms with van der Waals surface area (Å²) < 4.78 is 6.26. The first-order valence-corrected chi connectivity index (χ1v) is 11.3. The number of amides is 1. The van der Waals surface area contributed by atoms with Gasteiger partial charge < -0.3 is 15.0 Å². The topological polar surface area (TPSA) is 67.3 Å². The largest absolute Gasteiger partial charge is 0.487 e. The summed E-state index contributed by atoms with van der Waals surface area (Å²) in [5.41, 5.74) is 5.88. The van der Waals surface area contributed by atoms with Crippen molar-refractivity contribution in [3.8, 4) is 5.75 Å². The van der Waals surface area contributed by atoms with Crippen LogP contribution < -0.4 is 15.5 Å². The number of pyridine rings is 2. The van der Waals surface area contributed by atoms with Crippen LogP contribution in [0.4, 0.5) is 0 Å². The summed E-state index contributed by atoms with van der Waals surface area (Å²) in [7, 11) is 10.2. The number of aromatic nitrogens is 2. The Morgan fingerprint density at radius 2 is 2.06 bits per heavy atom. The lowest BCUT2D eigenvalue weighted by molar-refractivity contribution is -0.124. The van der Waals surface area contributed by atoms with Crippen molar-refractivity contribution in [1.29, 1.82) is 0 Å². The van der Waals surface area contributed by atoms with E-state index in [4.69, 9.17) is 17.6 Å². The number of nitrogens with zero attached hydrogens (tertiary/aromatic N) is 3. The van der Waals surface area contributed by atoms with Crippen LogP contribution in [0.3, 0.4) is 0 Å². The van der Waals surface area contributed by atoms with E-state index in [9.17, 15) is 4.79 Å². The number of carbonyl (C=O) groups excluding carboxylic acids is 1. The molecule has 1 aromatic carbocycles. The molecule has 2 radical (unpaired) electrons. The average Bonchev–Trinajstić information content (AvgIpc) is 2.79. The third-order valence-corrected chi connectivity index (χ3v) is 5.49. The van der Waals surface area contributed by atoms with Crippen molar-refractivity contribution in [3.63, 3.8) is 0 Å². The fourth-order valence-electron chi connectivity index (χ4n) is 3.68. The van der Waals surface area contributed by atoms with Gasteiger partial charge in [0.05, 0.1) is 0 Å². The predicted octanol–water partition coefficient (Wildman–Crippen LogP) is 3.67. The summed E-state index contributed by atoms with van der Waals surface area (Å²) in [5.74, 6) is 0.530. The molecule has 1 N–H and O–H groups in total. The molecule has 0 aliphatic carbocycles. The monoisotopic (exact) mass is 454 g/mol. The van der Waals surface area contributed by atoms with Gasteiger partial charge in [0.15, 0.2) is 0 Å². The van der Waals surface area contributed by atoms with Gasteiger partial charge in [-0.25, -0.2) is 4.98 Å². The highest BCUT2D eigenvalue weighted by Crippen LogP contribution is 2.32. The van der Waals surface area contributed by atoms with Crippen LogP contribution in [0.5, 0.6) is 5.75 Å². The van der Waals surface area contributed by atoms with E-state index in [1.807, 2.05) is 59.1 Å². The number of ether oxygens (including phenoxy) is 1. The quantitative estimate of drug-likeness (QED) is 0.395. The van der Waals surface area contributed by atoms with Crippen molar-refractivity contribution in [2.45, 2.75) is 33.9 Å². The second-order valence-corrected chi connectivity index (χ2v) is 8.67. The van der Waals surface area contributed by atoms with Crippen molar-refractivity contribution in [3.05, 3.63) is 77.8 Å². The van der Waals surface area contributed by atoms with Crippen LogP contribution in [-0.2, 0) is 17.9 Å². The van der Waals surface area contributed by atoms with Gasteiger partial charge in [-0.2, -0.15) is 0 Å². The molecule has 0 spiro atoms. The Bertz CT molecular complexity index is 1230. The van der Waals surface area contributed by atoms with Gasteiger partial charge in [0.2, 0.25) is 5.91 Å². The Morgan fingerprint density at radius 1 is 1.29 bits per heavy atom. The zero-order valence-corrected chi connectivity index (χ0v) is 20.6. The highest BCUT2D eigenvalue weighted by molar-refractivity contribution is 6.33. The fourth-order valence-corrected chi connectivity index (χ4v) is 3.68. The number of carbonyl (C=O) groups is 1. The first kappa shape index (κ1) is 25.0. The Morgan fingerprint density at radius 3 is 2.74 bits per heavy atom. The van der Waals surface area contributed by atoms with E-state index in [0.717, 1.165) is 39.0 Å². The minimum atomic E-state index is -0.102. The molecular weight excluding hydrogens is 423 g/mol. The van der Waals surface area contributed by atoms with Crippen molar-refractivity contribution in [1.82, 2.24) is 20.2 Å². The van der Waals surface area contributed by atoms with E-state index in [1.54, 1.807) is 18.5 Å². The first-order chi connectivity index (χ1) is 16.2. The first-order valence-electron chi connectivity index (χ1n) is 11.3. The molecule has 0 fully saturated rings. The highest BCUT2D eigenvalue weighted by atomic mass is 16.5. The number of rotatable bonds is 9. The van der Waals surface area contributed by atoms with Gasteiger partial charge in [-0.1, -0.05) is 44.1 Å². The lowest BCUT2D eigenvalue weighted by Crippen LogP contribution is -2.29. The number of benzene rings is 1. The van der Waals surface area contributed by atoms with Gasteiger partial charge >= 0.3 is 0 Å². The fraction of sp³-hybridized carbons (Fsp3) is 0.296. The van der Waals surface area contributed by atoms with Gasteiger partial charge in [0, 0.05) is 61.3 Å². The lowest BCUT2D eigenvalue weighted by Gasteiger charge is -2.20. The summed E-state index contributed by atoms with van der Waals surface area (Å²) in [6.07, 6.45) is 7.07. The number of hydrogen-bond acceptors (Lipinski definition) is 5. The third kappa shape index (κ3) is 5.65. The molecule has 0 saturated heterocycles. The van der Waals surface area contributed by atoms with Crippen LogP contribution in [0, 0.1) is 12.8 Å². The van der Waals surface area contributed by atoms with Gasteiger partial charge in [-0.3, -0.25) is 9.78 Å². The van der Waals surface area contributed by atoms with Crippen molar-refractivity contribution < 1.29 is 9.53 Å². The van der Waals surface area contributed by atoms with E-state index < -0.39 is 0 Å². The number of fused-ring (bicyclic) bond motifs is 1. The average molecular weight is 454 g/mol. The normalized spacial score (nSPS) is 11.5. The Balaban J connectivity index is 1.96. The number of allylic oxidation sites excluding steroid dienone is 2. The molecule has 7 heteroatoms. The Hall–Kier alpha value is -3.61. The van der Waals surface area contributed by atoms with Crippen molar-refractivity contribution in [2.75, 3.05) is 14.1 Å². The van der Waals surface area contributed by atoms with Crippen LogP contribution in [0.15, 0.2) is 55.4 Å². The number of para-hydroxylation sites is 1. The Labute approximate surface area is 203 Å². The van der Waals surface area contributed by atoms with E-state index >= 15 is 0 Å². The molecular formula is C27H31BN4O2. The van der Waals surface area contributed by atoms with E-state index in [0.29, 0.717) is 17.8 Å². The maximum Gasteiger partial charge on any atom is 0.222 e. The van der Waals surface area contributed by atoms with Crippen molar-refractivity contribution >= 4 is 35.8 Å². The number of nitrogens with one attached hydrogen (secondary N) is 1. The molecule has 34 heavy (non-hydrogen) atoms. The standard InChI is InChI=1S/C27H31BN4O2/c1-7-9-24(32(5)6)21-12-18(4)31-26-20(21)10-8-11-25(26)34-16-22-19(13-29-15-23(22)28)14-30-27(33)17(2)3/h7-13,15,17H,1,14,16H2,2-6H3,(H,30,33)/b24-9-. The molecule has 0 saturated carbocycles. The molecule has 6 nitrogen and oxygen atoms in total. The van der Waals surface area contributed by atoms with E-state index in [1.165, 1.54) is 0 Å².